The monoisotopic (exact) mass is 408 g/mol. The topological polar surface area (TPSA) is 33.2 Å². The Morgan fingerprint density at radius 3 is 2.59 bits per heavy atom. The molecule has 29 heavy (non-hydrogen) atoms. The number of pyridine rings is 1. The van der Waals surface area contributed by atoms with Crippen LogP contribution in [0.5, 0.6) is 0 Å². The molecule has 7 heteroatoms. The third-order valence-electron chi connectivity index (χ3n) is 5.67. The molecule has 1 aromatic heterocycles. The lowest BCUT2D eigenvalue weighted by Gasteiger charge is -2.39. The molecule has 2 aromatic rings. The Balaban J connectivity index is 2.22. The summed E-state index contributed by atoms with van der Waals surface area (Å²) in [7, 11) is 0. The van der Waals surface area contributed by atoms with Gasteiger partial charge in [-0.1, -0.05) is 19.1 Å². The lowest BCUT2D eigenvalue weighted by Crippen LogP contribution is -2.54. The van der Waals surface area contributed by atoms with E-state index in [1.165, 1.54) is 25.3 Å². The third kappa shape index (κ3) is 3.74. The second-order valence-corrected chi connectivity index (χ2v) is 7.64. The Morgan fingerprint density at radius 2 is 1.97 bits per heavy atom. The number of amides is 1. The lowest BCUT2D eigenvalue weighted by molar-refractivity contribution is 0.0918. The number of hydrogen-bond acceptors (Lipinski definition) is 2. The molecule has 1 atom stereocenters. The molecule has 156 valence electrons. The van der Waals surface area contributed by atoms with Crippen LogP contribution in [0.3, 0.4) is 0 Å². The van der Waals surface area contributed by atoms with Crippen molar-refractivity contribution in [3.63, 3.8) is 0 Å². The molecule has 0 bridgehead atoms. The second-order valence-electron chi connectivity index (χ2n) is 7.64. The van der Waals surface area contributed by atoms with E-state index in [0.29, 0.717) is 5.69 Å². The Labute approximate surface area is 167 Å². The minimum atomic E-state index is -2.98. The number of rotatable bonds is 7. The summed E-state index contributed by atoms with van der Waals surface area (Å²) < 4.78 is 55.0. The van der Waals surface area contributed by atoms with Gasteiger partial charge in [0.25, 0.3) is 12.3 Å². The van der Waals surface area contributed by atoms with E-state index in [4.69, 9.17) is 0 Å². The van der Waals surface area contributed by atoms with Crippen LogP contribution >= 0.6 is 0 Å². The fraction of sp³-hybridized carbons (Fsp3) is 0.455. The van der Waals surface area contributed by atoms with Gasteiger partial charge in [0.15, 0.2) is 0 Å². The van der Waals surface area contributed by atoms with Crippen LogP contribution in [0.25, 0.3) is 0 Å². The van der Waals surface area contributed by atoms with E-state index in [9.17, 15) is 22.4 Å². The van der Waals surface area contributed by atoms with Crippen molar-refractivity contribution in [1.29, 1.82) is 0 Å². The van der Waals surface area contributed by atoms with Gasteiger partial charge in [-0.3, -0.25) is 14.7 Å². The number of anilines is 1. The predicted molar refractivity (Wildman–Crippen MR) is 104 cm³/mol. The average molecular weight is 408 g/mol. The molecular weight excluding hydrogens is 384 g/mol. The fourth-order valence-electron chi connectivity index (χ4n) is 4.06. The SMILES string of the molecule is CC[C@@H]1CCc2cccc(N(C(=O)c3cccnc3C(F)F)C(C)(CF)CF)c21. The van der Waals surface area contributed by atoms with Gasteiger partial charge in [0.05, 0.1) is 5.56 Å². The van der Waals surface area contributed by atoms with Crippen molar-refractivity contribution >= 4 is 11.6 Å². The predicted octanol–water partition coefficient (Wildman–Crippen LogP) is 5.80. The molecule has 1 heterocycles. The first-order chi connectivity index (χ1) is 13.9. The zero-order chi connectivity index (χ0) is 21.2. The number of aromatic nitrogens is 1. The summed E-state index contributed by atoms with van der Waals surface area (Å²) in [4.78, 5) is 18.1. The van der Waals surface area contributed by atoms with Crippen LogP contribution in [0.2, 0.25) is 0 Å². The van der Waals surface area contributed by atoms with Crippen LogP contribution < -0.4 is 4.90 Å². The maximum absolute atomic E-state index is 14.0. The minimum Gasteiger partial charge on any atom is -0.297 e. The van der Waals surface area contributed by atoms with Gasteiger partial charge in [0.1, 0.15) is 24.6 Å². The van der Waals surface area contributed by atoms with Crippen LogP contribution in [0.4, 0.5) is 23.2 Å². The van der Waals surface area contributed by atoms with Crippen molar-refractivity contribution in [2.24, 2.45) is 0 Å². The van der Waals surface area contributed by atoms with Crippen molar-refractivity contribution in [3.8, 4) is 0 Å². The van der Waals surface area contributed by atoms with E-state index < -0.39 is 36.9 Å². The number of hydrogen-bond donors (Lipinski definition) is 0. The molecule has 0 aliphatic heterocycles. The Bertz CT molecular complexity index is 883. The average Bonchev–Trinajstić information content (AvgIpc) is 3.17. The number of benzene rings is 1. The molecule has 3 rings (SSSR count). The Hall–Kier alpha value is -2.44. The highest BCUT2D eigenvalue weighted by molar-refractivity contribution is 6.08. The number of aryl methyl sites for hydroxylation is 1. The van der Waals surface area contributed by atoms with Gasteiger partial charge in [0, 0.05) is 11.9 Å². The number of carbonyl (C=O) groups is 1. The first kappa shape index (κ1) is 21.3. The smallest absolute Gasteiger partial charge is 0.281 e. The van der Waals surface area contributed by atoms with Gasteiger partial charge >= 0.3 is 0 Å². The van der Waals surface area contributed by atoms with Crippen LogP contribution in [0, 0.1) is 0 Å². The van der Waals surface area contributed by atoms with Crippen molar-refractivity contribution in [2.45, 2.75) is 51.0 Å². The number of halogens is 4. The Kier molecular flexibility index (Phi) is 6.24. The molecule has 1 aliphatic rings. The number of carbonyl (C=O) groups excluding carboxylic acids is 1. The molecule has 0 saturated carbocycles. The van der Waals surface area contributed by atoms with Crippen molar-refractivity contribution in [2.75, 3.05) is 18.2 Å². The summed E-state index contributed by atoms with van der Waals surface area (Å²) in [6.07, 6.45) is 0.676. The quantitative estimate of drug-likeness (QED) is 0.542. The summed E-state index contributed by atoms with van der Waals surface area (Å²) in [6.45, 7) is 1.00. The Morgan fingerprint density at radius 1 is 1.24 bits per heavy atom. The highest BCUT2D eigenvalue weighted by Gasteiger charge is 2.41. The normalized spacial score (nSPS) is 16.2. The van der Waals surface area contributed by atoms with Crippen LogP contribution in [0.1, 0.15) is 66.2 Å². The van der Waals surface area contributed by atoms with E-state index in [1.807, 2.05) is 13.0 Å². The molecule has 1 aliphatic carbocycles. The maximum Gasteiger partial charge on any atom is 0.281 e. The molecule has 1 amide bonds. The van der Waals surface area contributed by atoms with Gasteiger partial charge in [0.2, 0.25) is 0 Å². The first-order valence-corrected chi connectivity index (χ1v) is 9.69. The highest BCUT2D eigenvalue weighted by Crippen LogP contribution is 2.44. The molecule has 0 spiro atoms. The van der Waals surface area contributed by atoms with E-state index in [1.54, 1.807) is 12.1 Å². The van der Waals surface area contributed by atoms with Crippen molar-refractivity contribution < 1.29 is 22.4 Å². The zero-order valence-electron chi connectivity index (χ0n) is 16.5. The molecule has 3 nitrogen and oxygen atoms in total. The van der Waals surface area contributed by atoms with Gasteiger partial charge in [-0.15, -0.1) is 0 Å². The fourth-order valence-corrected chi connectivity index (χ4v) is 4.06. The van der Waals surface area contributed by atoms with Gasteiger partial charge < -0.3 is 0 Å². The zero-order valence-corrected chi connectivity index (χ0v) is 16.5. The second kappa shape index (κ2) is 8.51. The summed E-state index contributed by atoms with van der Waals surface area (Å²) in [6, 6.07) is 7.91. The highest BCUT2D eigenvalue weighted by atomic mass is 19.3. The largest absolute Gasteiger partial charge is 0.297 e. The number of alkyl halides is 4. The van der Waals surface area contributed by atoms with E-state index in [0.717, 1.165) is 35.3 Å². The van der Waals surface area contributed by atoms with E-state index in [2.05, 4.69) is 4.98 Å². The summed E-state index contributed by atoms with van der Waals surface area (Å²) in [5.41, 5.74) is -0.575. The summed E-state index contributed by atoms with van der Waals surface area (Å²) in [5.74, 6) is -0.732. The van der Waals surface area contributed by atoms with Crippen LogP contribution in [-0.2, 0) is 6.42 Å². The van der Waals surface area contributed by atoms with Gasteiger partial charge in [-0.05, 0) is 61.4 Å². The van der Waals surface area contributed by atoms with Gasteiger partial charge in [-0.2, -0.15) is 0 Å². The van der Waals surface area contributed by atoms with Crippen molar-refractivity contribution in [1.82, 2.24) is 4.98 Å². The molecule has 0 unspecified atom stereocenters. The molecule has 0 saturated heterocycles. The van der Waals surface area contributed by atoms with Crippen LogP contribution in [0.15, 0.2) is 36.5 Å². The molecular formula is C22H24F4N2O. The molecule has 0 fully saturated rings. The third-order valence-corrected chi connectivity index (χ3v) is 5.67. The molecule has 0 N–H and O–H groups in total. The number of fused-ring (bicyclic) bond motifs is 1. The molecule has 1 aromatic carbocycles. The van der Waals surface area contributed by atoms with E-state index >= 15 is 0 Å². The lowest BCUT2D eigenvalue weighted by atomic mass is 9.92. The molecule has 0 radical (unpaired) electrons. The minimum absolute atomic E-state index is 0.142. The standard InChI is InChI=1S/C22H24F4N2O/c1-3-14-9-10-15-6-4-8-17(18(14)15)28(22(2,12-23)13-24)21(29)16-7-5-11-27-19(16)20(25)26/h4-8,11,14,20H,3,9-10,12-13H2,1-2H3/t14-/m1/s1. The summed E-state index contributed by atoms with van der Waals surface area (Å²) >= 11 is 0. The van der Waals surface area contributed by atoms with Crippen LogP contribution in [-0.4, -0.2) is 29.8 Å². The van der Waals surface area contributed by atoms with Gasteiger partial charge in [-0.25, -0.2) is 17.6 Å². The first-order valence-electron chi connectivity index (χ1n) is 9.69. The summed E-state index contributed by atoms with van der Waals surface area (Å²) in [5, 5.41) is 0. The van der Waals surface area contributed by atoms with Crippen molar-refractivity contribution in [3.05, 3.63) is 58.9 Å². The van der Waals surface area contributed by atoms with E-state index in [-0.39, 0.29) is 11.5 Å². The maximum atomic E-state index is 14.0. The number of nitrogens with zero attached hydrogens (tertiary/aromatic N) is 2.